The number of carbonyl (C=O) groups excluding carboxylic acids is 1. The van der Waals surface area contributed by atoms with Gasteiger partial charge in [0.25, 0.3) is 0 Å². The fourth-order valence-electron chi connectivity index (χ4n) is 1.83. The van der Waals surface area contributed by atoms with Crippen LogP contribution in [0, 0.1) is 23.3 Å². The second-order valence-corrected chi connectivity index (χ2v) is 4.60. The number of halogens is 4. The number of benzene rings is 2. The van der Waals surface area contributed by atoms with Gasteiger partial charge in [-0.3, -0.25) is 0 Å². The molecule has 0 fully saturated rings. The van der Waals surface area contributed by atoms with Crippen LogP contribution in [0.1, 0.15) is 11.7 Å². The highest BCUT2D eigenvalue weighted by molar-refractivity contribution is 5.89. The highest BCUT2D eigenvalue weighted by atomic mass is 19.2. The van der Waals surface area contributed by atoms with Crippen molar-refractivity contribution in [3.05, 3.63) is 65.2 Å². The summed E-state index contributed by atoms with van der Waals surface area (Å²) in [6.45, 7) is -0.363. The molecule has 122 valence electrons. The van der Waals surface area contributed by atoms with Crippen LogP contribution in [-0.2, 0) is 0 Å². The lowest BCUT2D eigenvalue weighted by atomic mass is 10.1. The molecule has 8 heteroatoms. The fraction of sp³-hybridized carbons (Fsp3) is 0.133. The molecule has 2 amide bonds. The van der Waals surface area contributed by atoms with Crippen molar-refractivity contribution in [2.24, 2.45) is 0 Å². The molecule has 4 nitrogen and oxygen atoms in total. The summed E-state index contributed by atoms with van der Waals surface area (Å²) in [7, 11) is 0. The van der Waals surface area contributed by atoms with Gasteiger partial charge in [-0.25, -0.2) is 22.4 Å². The van der Waals surface area contributed by atoms with Crippen LogP contribution in [0.15, 0.2) is 36.4 Å². The van der Waals surface area contributed by atoms with Crippen LogP contribution in [0.5, 0.6) is 0 Å². The third kappa shape index (κ3) is 3.98. The molecule has 0 radical (unpaired) electrons. The highest BCUT2D eigenvalue weighted by Crippen LogP contribution is 2.19. The maximum absolute atomic E-state index is 13.4. The van der Waals surface area contributed by atoms with Gasteiger partial charge in [-0.15, -0.1) is 0 Å². The van der Waals surface area contributed by atoms with E-state index in [0.717, 1.165) is 12.1 Å². The molecule has 0 spiro atoms. The van der Waals surface area contributed by atoms with E-state index >= 15 is 0 Å². The van der Waals surface area contributed by atoms with Gasteiger partial charge in [0.1, 0.15) is 5.82 Å². The second-order valence-electron chi connectivity index (χ2n) is 4.60. The molecular formula is C15H12F4N2O2. The number of amides is 2. The number of aliphatic hydroxyl groups excluding tert-OH is 1. The Bertz CT molecular complexity index is 725. The smallest absolute Gasteiger partial charge is 0.319 e. The predicted octanol–water partition coefficient (Wildman–Crippen LogP) is 3.10. The molecule has 0 bridgehead atoms. The van der Waals surface area contributed by atoms with Gasteiger partial charge in [-0.2, -0.15) is 0 Å². The van der Waals surface area contributed by atoms with Gasteiger partial charge in [0.2, 0.25) is 0 Å². The van der Waals surface area contributed by atoms with E-state index in [2.05, 4.69) is 5.32 Å². The summed E-state index contributed by atoms with van der Waals surface area (Å²) in [5, 5.41) is 13.9. The fourth-order valence-corrected chi connectivity index (χ4v) is 1.83. The zero-order valence-corrected chi connectivity index (χ0v) is 11.6. The van der Waals surface area contributed by atoms with Crippen molar-refractivity contribution in [2.45, 2.75) is 6.10 Å². The number of aliphatic hydroxyl groups is 1. The second kappa shape index (κ2) is 7.10. The Balaban J connectivity index is 1.96. The number of urea groups is 1. The molecule has 3 N–H and O–H groups in total. The summed E-state index contributed by atoms with van der Waals surface area (Å²) in [4.78, 5) is 11.6. The number of hydrogen-bond acceptors (Lipinski definition) is 2. The Labute approximate surface area is 128 Å². The largest absolute Gasteiger partial charge is 0.386 e. The summed E-state index contributed by atoms with van der Waals surface area (Å²) < 4.78 is 52.6. The number of nitrogens with one attached hydrogen (secondary N) is 2. The SMILES string of the molecule is O=C(NCC(O)c1ccccc1F)Nc1ccc(F)c(F)c1F. The van der Waals surface area contributed by atoms with Crippen LogP contribution < -0.4 is 10.6 Å². The van der Waals surface area contributed by atoms with Gasteiger partial charge in [0.05, 0.1) is 11.8 Å². The van der Waals surface area contributed by atoms with E-state index in [1.807, 2.05) is 5.32 Å². The summed E-state index contributed by atoms with van der Waals surface area (Å²) in [5.41, 5.74) is -0.589. The van der Waals surface area contributed by atoms with Crippen molar-refractivity contribution in [3.63, 3.8) is 0 Å². The van der Waals surface area contributed by atoms with Crippen LogP contribution in [0.4, 0.5) is 28.0 Å². The summed E-state index contributed by atoms with van der Waals surface area (Å²) >= 11 is 0. The molecule has 0 saturated heterocycles. The molecule has 0 aliphatic carbocycles. The molecule has 0 aromatic heterocycles. The first-order chi connectivity index (χ1) is 10.9. The lowest BCUT2D eigenvalue weighted by Gasteiger charge is -2.14. The van der Waals surface area contributed by atoms with Gasteiger partial charge < -0.3 is 15.7 Å². The van der Waals surface area contributed by atoms with Crippen LogP contribution in [0.25, 0.3) is 0 Å². The van der Waals surface area contributed by atoms with Crippen molar-refractivity contribution in [1.82, 2.24) is 5.32 Å². The molecular weight excluding hydrogens is 316 g/mol. The van der Waals surface area contributed by atoms with Crippen LogP contribution in [0.3, 0.4) is 0 Å². The first-order valence-electron chi connectivity index (χ1n) is 6.51. The maximum atomic E-state index is 13.4. The van der Waals surface area contributed by atoms with Gasteiger partial charge in [-0.1, -0.05) is 18.2 Å². The van der Waals surface area contributed by atoms with E-state index in [0.29, 0.717) is 6.07 Å². The zero-order chi connectivity index (χ0) is 17.0. The molecule has 2 aromatic rings. The number of rotatable bonds is 4. The predicted molar refractivity (Wildman–Crippen MR) is 74.7 cm³/mol. The van der Waals surface area contributed by atoms with E-state index in [4.69, 9.17) is 0 Å². The highest BCUT2D eigenvalue weighted by Gasteiger charge is 2.17. The Kier molecular flexibility index (Phi) is 5.17. The maximum Gasteiger partial charge on any atom is 0.319 e. The number of carbonyl (C=O) groups is 1. The third-order valence-electron chi connectivity index (χ3n) is 3.00. The molecule has 0 aliphatic rings. The van der Waals surface area contributed by atoms with E-state index in [1.54, 1.807) is 0 Å². The van der Waals surface area contributed by atoms with Crippen LogP contribution in [0.2, 0.25) is 0 Å². The van der Waals surface area contributed by atoms with E-state index in [-0.39, 0.29) is 12.1 Å². The van der Waals surface area contributed by atoms with Crippen molar-refractivity contribution in [3.8, 4) is 0 Å². The van der Waals surface area contributed by atoms with E-state index < -0.39 is 41.1 Å². The normalized spacial score (nSPS) is 11.9. The molecule has 23 heavy (non-hydrogen) atoms. The first kappa shape index (κ1) is 16.8. The summed E-state index contributed by atoms with van der Waals surface area (Å²) in [5.74, 6) is -5.29. The lowest BCUT2D eigenvalue weighted by Crippen LogP contribution is -2.33. The molecule has 0 saturated carbocycles. The van der Waals surface area contributed by atoms with Crippen molar-refractivity contribution < 1.29 is 27.5 Å². The minimum absolute atomic E-state index is 0.0215. The first-order valence-corrected chi connectivity index (χ1v) is 6.51. The standard InChI is InChI=1S/C15H12F4N2O2/c16-9-4-2-1-3-8(9)12(22)7-20-15(23)21-11-6-5-10(17)13(18)14(11)19/h1-6,12,22H,7H2,(H2,20,21,23). The monoisotopic (exact) mass is 328 g/mol. The van der Waals surface area contributed by atoms with Gasteiger partial charge in [0.15, 0.2) is 17.5 Å². The zero-order valence-electron chi connectivity index (χ0n) is 11.6. The summed E-state index contributed by atoms with van der Waals surface area (Å²) in [6.07, 6.45) is -1.32. The molecule has 0 heterocycles. The Morgan fingerprint density at radius 1 is 1.00 bits per heavy atom. The van der Waals surface area contributed by atoms with Crippen LogP contribution in [-0.4, -0.2) is 17.7 Å². The van der Waals surface area contributed by atoms with E-state index in [1.165, 1.54) is 18.2 Å². The molecule has 1 unspecified atom stereocenters. The Morgan fingerprint density at radius 3 is 2.39 bits per heavy atom. The van der Waals surface area contributed by atoms with Crippen molar-refractivity contribution in [1.29, 1.82) is 0 Å². The quantitative estimate of drug-likeness (QED) is 0.597. The topological polar surface area (TPSA) is 61.4 Å². The minimum atomic E-state index is -1.71. The summed E-state index contributed by atoms with van der Waals surface area (Å²) in [6, 6.07) is 5.98. The molecule has 1 atom stereocenters. The Hall–Kier alpha value is -2.61. The van der Waals surface area contributed by atoms with Gasteiger partial charge >= 0.3 is 6.03 Å². The van der Waals surface area contributed by atoms with Crippen LogP contribution >= 0.6 is 0 Å². The van der Waals surface area contributed by atoms with E-state index in [9.17, 15) is 27.5 Å². The van der Waals surface area contributed by atoms with Gasteiger partial charge in [-0.05, 0) is 18.2 Å². The lowest BCUT2D eigenvalue weighted by molar-refractivity contribution is 0.170. The number of anilines is 1. The average Bonchev–Trinajstić information content (AvgIpc) is 2.53. The Morgan fingerprint density at radius 2 is 1.70 bits per heavy atom. The molecule has 2 aromatic carbocycles. The van der Waals surface area contributed by atoms with Crippen molar-refractivity contribution in [2.75, 3.05) is 11.9 Å². The third-order valence-corrected chi connectivity index (χ3v) is 3.00. The molecule has 2 rings (SSSR count). The van der Waals surface area contributed by atoms with Crippen molar-refractivity contribution >= 4 is 11.7 Å². The average molecular weight is 328 g/mol. The molecule has 0 aliphatic heterocycles. The van der Waals surface area contributed by atoms with Gasteiger partial charge in [0, 0.05) is 12.1 Å². The minimum Gasteiger partial charge on any atom is -0.386 e. The number of hydrogen-bond donors (Lipinski definition) is 3.